The van der Waals surface area contributed by atoms with Gasteiger partial charge in [0, 0.05) is 27.5 Å². The van der Waals surface area contributed by atoms with E-state index in [1.54, 1.807) is 0 Å². The van der Waals surface area contributed by atoms with E-state index in [0.29, 0.717) is 17.5 Å². The minimum atomic E-state index is -0.471. The number of nitrogens with zero attached hydrogens (tertiary/aromatic N) is 4. The van der Waals surface area contributed by atoms with Crippen molar-refractivity contribution in [1.82, 2.24) is 19.5 Å². The molecule has 0 radical (unpaired) electrons. The minimum Gasteiger partial charge on any atom is -0.309 e. The van der Waals surface area contributed by atoms with Crippen LogP contribution in [0, 0.1) is 0 Å². The molecule has 2 aromatic heterocycles. The summed E-state index contributed by atoms with van der Waals surface area (Å²) in [6, 6.07) is 78.5. The summed E-state index contributed by atoms with van der Waals surface area (Å²) >= 11 is 0. The Morgan fingerprint density at radius 3 is 1.48 bits per heavy atom. The second-order valence-electron chi connectivity index (χ2n) is 16.3. The molecule has 0 atom stereocenters. The van der Waals surface area contributed by atoms with Crippen molar-refractivity contribution in [2.45, 2.75) is 5.41 Å². The Hall–Kier alpha value is -8.21. The van der Waals surface area contributed by atoms with Gasteiger partial charge in [-0.15, -0.1) is 0 Å². The SMILES string of the molecule is c1ccc(-c2nc(-c3ccc(-c4ccc5c6c4c4ccccc4n6-c4ccccc4C54c5ccccc5-c5ccccc54)cc3)nc(-c3ccccc3-c3ccccc3)n2)cc1. The van der Waals surface area contributed by atoms with E-state index in [1.807, 2.05) is 24.3 Å². The summed E-state index contributed by atoms with van der Waals surface area (Å²) in [5.74, 6) is 1.91. The largest absolute Gasteiger partial charge is 0.309 e. The third-order valence-corrected chi connectivity index (χ3v) is 13.1. The van der Waals surface area contributed by atoms with Crippen LogP contribution >= 0.6 is 0 Å². The smallest absolute Gasteiger partial charge is 0.164 e. The van der Waals surface area contributed by atoms with E-state index in [0.717, 1.165) is 33.4 Å². The topological polar surface area (TPSA) is 43.6 Å². The van der Waals surface area contributed by atoms with Gasteiger partial charge in [0.1, 0.15) is 0 Å². The summed E-state index contributed by atoms with van der Waals surface area (Å²) in [6.45, 7) is 0. The van der Waals surface area contributed by atoms with Crippen LogP contribution in [0.15, 0.2) is 218 Å². The second kappa shape index (κ2) is 13.4. The predicted molar refractivity (Wildman–Crippen MR) is 252 cm³/mol. The van der Waals surface area contributed by atoms with Gasteiger partial charge in [0.2, 0.25) is 0 Å². The van der Waals surface area contributed by atoms with Crippen LogP contribution in [0.2, 0.25) is 0 Å². The van der Waals surface area contributed by atoms with Gasteiger partial charge in [-0.3, -0.25) is 0 Å². The molecule has 0 saturated carbocycles. The Morgan fingerprint density at radius 2 is 0.790 bits per heavy atom. The molecular weight excluding hydrogens is 753 g/mol. The van der Waals surface area contributed by atoms with Crippen molar-refractivity contribution in [3.8, 4) is 73.2 Å². The molecule has 13 rings (SSSR count). The molecule has 3 heterocycles. The molecule has 0 N–H and O–H groups in total. The molecule has 1 spiro atoms. The molecule has 0 amide bonds. The van der Waals surface area contributed by atoms with E-state index < -0.39 is 5.41 Å². The number of fused-ring (bicyclic) bond motifs is 12. The molecule has 0 bridgehead atoms. The average Bonchev–Trinajstić information content (AvgIpc) is 3.86. The van der Waals surface area contributed by atoms with E-state index in [-0.39, 0.29) is 0 Å². The fourth-order valence-corrected chi connectivity index (χ4v) is 10.5. The minimum absolute atomic E-state index is 0.471. The quantitative estimate of drug-likeness (QED) is 0.174. The third kappa shape index (κ3) is 4.86. The van der Waals surface area contributed by atoms with Crippen molar-refractivity contribution in [1.29, 1.82) is 0 Å². The van der Waals surface area contributed by atoms with Crippen LogP contribution in [0.1, 0.15) is 22.3 Å². The third-order valence-electron chi connectivity index (χ3n) is 13.1. The Balaban J connectivity index is 1.01. The first-order valence-electron chi connectivity index (χ1n) is 21.2. The predicted octanol–water partition coefficient (Wildman–Crippen LogP) is 14.0. The monoisotopic (exact) mass is 788 g/mol. The maximum atomic E-state index is 5.19. The highest BCUT2D eigenvalue weighted by Crippen LogP contribution is 2.61. The maximum Gasteiger partial charge on any atom is 0.164 e. The lowest BCUT2D eigenvalue weighted by Gasteiger charge is -2.39. The van der Waals surface area contributed by atoms with Crippen LogP contribution in [0.25, 0.3) is 95.0 Å². The number of hydrogen-bond acceptors (Lipinski definition) is 3. The average molecular weight is 789 g/mol. The van der Waals surface area contributed by atoms with E-state index in [9.17, 15) is 0 Å². The number of aromatic nitrogens is 4. The van der Waals surface area contributed by atoms with E-state index in [1.165, 1.54) is 66.4 Å². The molecule has 1 aliphatic heterocycles. The van der Waals surface area contributed by atoms with E-state index in [4.69, 9.17) is 15.0 Å². The molecule has 2 aliphatic rings. The summed E-state index contributed by atoms with van der Waals surface area (Å²) in [5, 5.41) is 2.49. The fourth-order valence-electron chi connectivity index (χ4n) is 10.5. The summed E-state index contributed by atoms with van der Waals surface area (Å²) in [6.07, 6.45) is 0. The fraction of sp³-hybridized carbons (Fsp3) is 0.0172. The molecule has 11 aromatic rings. The summed E-state index contributed by atoms with van der Waals surface area (Å²) in [4.78, 5) is 15.4. The molecule has 4 heteroatoms. The van der Waals surface area contributed by atoms with E-state index in [2.05, 4.69) is 199 Å². The summed E-state index contributed by atoms with van der Waals surface area (Å²) in [5.41, 5.74) is 18.4. The normalized spacial score (nSPS) is 13.0. The summed E-state index contributed by atoms with van der Waals surface area (Å²) < 4.78 is 2.52. The van der Waals surface area contributed by atoms with Gasteiger partial charge < -0.3 is 4.57 Å². The highest BCUT2D eigenvalue weighted by atomic mass is 15.0. The lowest BCUT2D eigenvalue weighted by Crippen LogP contribution is -2.33. The van der Waals surface area contributed by atoms with Crippen molar-refractivity contribution in [3.63, 3.8) is 0 Å². The van der Waals surface area contributed by atoms with Crippen LogP contribution in [0.5, 0.6) is 0 Å². The first kappa shape index (κ1) is 34.6. The zero-order chi connectivity index (χ0) is 40.8. The van der Waals surface area contributed by atoms with Crippen LogP contribution in [0.4, 0.5) is 0 Å². The highest BCUT2D eigenvalue weighted by molar-refractivity contribution is 6.18. The van der Waals surface area contributed by atoms with Gasteiger partial charge in [0.05, 0.1) is 22.1 Å². The lowest BCUT2D eigenvalue weighted by molar-refractivity contribution is 0.748. The van der Waals surface area contributed by atoms with Crippen molar-refractivity contribution in [3.05, 3.63) is 241 Å². The number of benzene rings is 9. The van der Waals surface area contributed by atoms with Gasteiger partial charge in [-0.25, -0.2) is 15.0 Å². The first-order valence-corrected chi connectivity index (χ1v) is 21.2. The Kier molecular flexibility index (Phi) is 7.49. The van der Waals surface area contributed by atoms with Crippen LogP contribution in [-0.2, 0) is 5.41 Å². The second-order valence-corrected chi connectivity index (χ2v) is 16.3. The van der Waals surface area contributed by atoms with Gasteiger partial charge in [0.25, 0.3) is 0 Å². The molecule has 9 aromatic carbocycles. The molecule has 62 heavy (non-hydrogen) atoms. The Labute approximate surface area is 359 Å². The molecule has 288 valence electrons. The first-order chi connectivity index (χ1) is 30.8. The maximum absolute atomic E-state index is 5.19. The van der Waals surface area contributed by atoms with Gasteiger partial charge in [0.15, 0.2) is 17.5 Å². The van der Waals surface area contributed by atoms with Gasteiger partial charge in [-0.1, -0.05) is 206 Å². The molecule has 4 nitrogen and oxygen atoms in total. The highest BCUT2D eigenvalue weighted by Gasteiger charge is 2.50. The van der Waals surface area contributed by atoms with Crippen molar-refractivity contribution >= 4 is 21.8 Å². The van der Waals surface area contributed by atoms with Gasteiger partial charge in [-0.05, 0) is 67.8 Å². The van der Waals surface area contributed by atoms with Crippen molar-refractivity contribution in [2.75, 3.05) is 0 Å². The molecule has 0 saturated heterocycles. The van der Waals surface area contributed by atoms with Gasteiger partial charge >= 0.3 is 0 Å². The van der Waals surface area contributed by atoms with E-state index >= 15 is 0 Å². The molecular formula is C58H36N4. The summed E-state index contributed by atoms with van der Waals surface area (Å²) in [7, 11) is 0. The zero-order valence-corrected chi connectivity index (χ0v) is 33.6. The molecule has 1 aliphatic carbocycles. The van der Waals surface area contributed by atoms with Crippen LogP contribution < -0.4 is 0 Å². The van der Waals surface area contributed by atoms with Crippen LogP contribution in [-0.4, -0.2) is 19.5 Å². The number of para-hydroxylation sites is 2. The van der Waals surface area contributed by atoms with Crippen molar-refractivity contribution in [2.24, 2.45) is 0 Å². The van der Waals surface area contributed by atoms with Gasteiger partial charge in [-0.2, -0.15) is 0 Å². The van der Waals surface area contributed by atoms with Crippen LogP contribution in [0.3, 0.4) is 0 Å². The lowest BCUT2D eigenvalue weighted by atomic mass is 9.65. The van der Waals surface area contributed by atoms with Crippen molar-refractivity contribution < 1.29 is 0 Å². The Morgan fingerprint density at radius 1 is 0.306 bits per heavy atom. The Bertz CT molecular complexity index is 3520. The molecule has 0 unspecified atom stereocenters. The molecule has 0 fully saturated rings. The standard InChI is InChI=1S/C58H36N4/c1-3-17-37(18-4-1)41-21-7-8-24-45(41)57-60-55(39-19-5-2-6-20-39)59-56(61-57)40-33-31-38(32-34-40)42-35-36-50-54-53(42)46-25-11-15-29-51(46)62(54)52-30-16-14-28-49(52)58(50)47-26-12-9-22-43(47)44-23-10-13-27-48(44)58/h1-36H. The number of hydrogen-bond donors (Lipinski definition) is 0. The zero-order valence-electron chi connectivity index (χ0n) is 33.6. The number of rotatable bonds is 5.